The maximum Gasteiger partial charge on any atom is 0.319 e. The zero-order valence-corrected chi connectivity index (χ0v) is 10.8. The summed E-state index contributed by atoms with van der Waals surface area (Å²) in [4.78, 5) is 15.3. The van der Waals surface area contributed by atoms with E-state index in [-0.39, 0.29) is 21.9 Å². The summed E-state index contributed by atoms with van der Waals surface area (Å²) in [5.41, 5.74) is 0.205. The fourth-order valence-electron chi connectivity index (χ4n) is 1.04. The molecule has 1 aromatic rings. The van der Waals surface area contributed by atoms with E-state index in [4.69, 9.17) is 23.2 Å². The Morgan fingerprint density at radius 3 is 2.19 bits per heavy atom. The van der Waals surface area contributed by atoms with E-state index in [0.717, 1.165) is 0 Å². The third-order valence-electron chi connectivity index (χ3n) is 1.51. The number of anilines is 1. The number of aromatic nitrogens is 1. The maximum absolute atomic E-state index is 11.5. The fourth-order valence-corrected chi connectivity index (χ4v) is 1.50. The number of carbonyl (C=O) groups is 1. The molecule has 2 N–H and O–H groups in total. The average Bonchev–Trinajstić information content (AvgIpc) is 1.96. The Bertz CT molecular complexity index is 381. The van der Waals surface area contributed by atoms with Gasteiger partial charge in [0.15, 0.2) is 0 Å². The van der Waals surface area contributed by atoms with Crippen LogP contribution < -0.4 is 10.6 Å². The number of nitrogens with one attached hydrogen (secondary N) is 2. The summed E-state index contributed by atoms with van der Waals surface area (Å²) in [5.74, 6) is 0. The molecule has 0 aliphatic carbocycles. The molecule has 0 saturated carbocycles. The minimum Gasteiger partial charge on any atom is -0.333 e. The van der Waals surface area contributed by atoms with E-state index >= 15 is 0 Å². The first-order chi connectivity index (χ1) is 7.26. The molecule has 88 valence electrons. The molecule has 0 aromatic carbocycles. The van der Waals surface area contributed by atoms with E-state index in [9.17, 15) is 4.79 Å². The van der Waals surface area contributed by atoms with Crippen molar-refractivity contribution in [1.29, 1.82) is 0 Å². The first-order valence-corrected chi connectivity index (χ1v) is 5.44. The van der Waals surface area contributed by atoms with Crippen LogP contribution in [-0.2, 0) is 0 Å². The van der Waals surface area contributed by atoms with Gasteiger partial charge in [-0.05, 0) is 32.9 Å². The summed E-state index contributed by atoms with van der Waals surface area (Å²) in [5, 5.41) is 5.84. The fraction of sp³-hybridized carbons (Fsp3) is 0.400. The van der Waals surface area contributed by atoms with Crippen LogP contribution >= 0.6 is 23.2 Å². The van der Waals surface area contributed by atoms with Crippen LogP contribution in [0, 0.1) is 0 Å². The molecule has 0 radical (unpaired) electrons. The van der Waals surface area contributed by atoms with E-state index in [1.807, 2.05) is 20.8 Å². The Hall–Kier alpha value is -1.00. The van der Waals surface area contributed by atoms with Crippen molar-refractivity contribution in [1.82, 2.24) is 10.3 Å². The van der Waals surface area contributed by atoms with Crippen LogP contribution in [0.1, 0.15) is 20.8 Å². The molecule has 6 heteroatoms. The van der Waals surface area contributed by atoms with Gasteiger partial charge >= 0.3 is 6.03 Å². The molecule has 0 aliphatic heterocycles. The minimum absolute atomic E-state index is 0.235. The van der Waals surface area contributed by atoms with Gasteiger partial charge in [0.2, 0.25) is 0 Å². The SMILES string of the molecule is CC(C)(C)NC(=O)Nc1cc(Cl)nc(Cl)c1. The van der Waals surface area contributed by atoms with Gasteiger partial charge in [0.1, 0.15) is 10.3 Å². The average molecular weight is 262 g/mol. The van der Waals surface area contributed by atoms with E-state index in [1.54, 1.807) is 0 Å². The predicted molar refractivity (Wildman–Crippen MR) is 66.2 cm³/mol. The molecular weight excluding hydrogens is 249 g/mol. The highest BCUT2D eigenvalue weighted by molar-refractivity contribution is 6.32. The highest BCUT2D eigenvalue weighted by Crippen LogP contribution is 2.18. The lowest BCUT2D eigenvalue weighted by Crippen LogP contribution is -2.43. The smallest absolute Gasteiger partial charge is 0.319 e. The molecule has 0 spiro atoms. The quantitative estimate of drug-likeness (QED) is 0.763. The summed E-state index contributed by atoms with van der Waals surface area (Å²) < 4.78 is 0. The van der Waals surface area contributed by atoms with Crippen LogP contribution in [0.3, 0.4) is 0 Å². The van der Waals surface area contributed by atoms with Crippen molar-refractivity contribution in [2.45, 2.75) is 26.3 Å². The molecule has 2 amide bonds. The maximum atomic E-state index is 11.5. The summed E-state index contributed by atoms with van der Waals surface area (Å²) >= 11 is 11.4. The first-order valence-electron chi connectivity index (χ1n) is 4.68. The Kier molecular flexibility index (Phi) is 3.99. The highest BCUT2D eigenvalue weighted by atomic mass is 35.5. The van der Waals surface area contributed by atoms with E-state index in [2.05, 4.69) is 15.6 Å². The van der Waals surface area contributed by atoms with Crippen molar-refractivity contribution >= 4 is 34.9 Å². The van der Waals surface area contributed by atoms with Gasteiger partial charge in [-0.15, -0.1) is 0 Å². The second-order valence-corrected chi connectivity index (χ2v) is 5.10. The Labute approximate surface area is 104 Å². The summed E-state index contributed by atoms with van der Waals surface area (Å²) in [7, 11) is 0. The van der Waals surface area contributed by atoms with E-state index in [1.165, 1.54) is 12.1 Å². The lowest BCUT2D eigenvalue weighted by atomic mass is 10.1. The van der Waals surface area contributed by atoms with Crippen molar-refractivity contribution in [3.05, 3.63) is 22.4 Å². The second kappa shape index (κ2) is 4.89. The molecule has 0 fully saturated rings. The first kappa shape index (κ1) is 13.1. The molecule has 0 bridgehead atoms. The van der Waals surface area contributed by atoms with Gasteiger partial charge in [0.25, 0.3) is 0 Å². The third kappa shape index (κ3) is 4.68. The van der Waals surface area contributed by atoms with Crippen LogP contribution in [0.25, 0.3) is 0 Å². The molecule has 1 aromatic heterocycles. The van der Waals surface area contributed by atoms with Gasteiger partial charge in [-0.3, -0.25) is 0 Å². The number of pyridine rings is 1. The zero-order valence-electron chi connectivity index (χ0n) is 9.27. The second-order valence-electron chi connectivity index (χ2n) is 4.33. The van der Waals surface area contributed by atoms with Crippen LogP contribution in [0.2, 0.25) is 10.3 Å². The topological polar surface area (TPSA) is 54.0 Å². The van der Waals surface area contributed by atoms with Crippen molar-refractivity contribution in [2.24, 2.45) is 0 Å². The minimum atomic E-state index is -0.314. The van der Waals surface area contributed by atoms with Crippen molar-refractivity contribution < 1.29 is 4.79 Å². The Balaban J connectivity index is 2.70. The van der Waals surface area contributed by atoms with Gasteiger partial charge in [-0.25, -0.2) is 9.78 Å². The predicted octanol–water partition coefficient (Wildman–Crippen LogP) is 3.31. The number of amides is 2. The lowest BCUT2D eigenvalue weighted by Gasteiger charge is -2.20. The van der Waals surface area contributed by atoms with Crippen LogP contribution in [0.4, 0.5) is 10.5 Å². The van der Waals surface area contributed by atoms with Gasteiger partial charge in [0, 0.05) is 11.2 Å². The lowest BCUT2D eigenvalue weighted by molar-refractivity contribution is 0.244. The van der Waals surface area contributed by atoms with Crippen molar-refractivity contribution in [3.63, 3.8) is 0 Å². The van der Waals surface area contributed by atoms with Gasteiger partial charge < -0.3 is 10.6 Å². The summed E-state index contributed by atoms with van der Waals surface area (Å²) in [6.07, 6.45) is 0. The number of nitrogens with zero attached hydrogens (tertiary/aromatic N) is 1. The van der Waals surface area contributed by atoms with E-state index in [0.29, 0.717) is 5.69 Å². The zero-order chi connectivity index (χ0) is 12.3. The monoisotopic (exact) mass is 261 g/mol. The molecule has 1 rings (SSSR count). The summed E-state index contributed by atoms with van der Waals surface area (Å²) in [6.45, 7) is 5.66. The number of hydrogen-bond acceptors (Lipinski definition) is 2. The molecule has 0 aliphatic rings. The number of carbonyl (C=O) groups excluding carboxylic acids is 1. The van der Waals surface area contributed by atoms with E-state index < -0.39 is 0 Å². The molecule has 16 heavy (non-hydrogen) atoms. The van der Waals surface area contributed by atoms with Gasteiger partial charge in [-0.1, -0.05) is 23.2 Å². The number of halogens is 2. The molecule has 0 unspecified atom stereocenters. The number of hydrogen-bond donors (Lipinski definition) is 2. The van der Waals surface area contributed by atoms with Gasteiger partial charge in [-0.2, -0.15) is 0 Å². The molecule has 0 saturated heterocycles. The Morgan fingerprint density at radius 2 is 1.75 bits per heavy atom. The summed E-state index contributed by atoms with van der Waals surface area (Å²) in [6, 6.07) is 2.73. The number of urea groups is 1. The van der Waals surface area contributed by atoms with Crippen molar-refractivity contribution in [2.75, 3.05) is 5.32 Å². The third-order valence-corrected chi connectivity index (χ3v) is 1.90. The molecule has 0 atom stereocenters. The molecule has 1 heterocycles. The Morgan fingerprint density at radius 1 is 1.25 bits per heavy atom. The normalized spacial score (nSPS) is 11.1. The largest absolute Gasteiger partial charge is 0.333 e. The number of rotatable bonds is 1. The van der Waals surface area contributed by atoms with Gasteiger partial charge in [0.05, 0.1) is 0 Å². The van der Waals surface area contributed by atoms with Crippen LogP contribution in [-0.4, -0.2) is 16.6 Å². The van der Waals surface area contributed by atoms with Crippen LogP contribution in [0.5, 0.6) is 0 Å². The molecule has 4 nitrogen and oxygen atoms in total. The van der Waals surface area contributed by atoms with Crippen molar-refractivity contribution in [3.8, 4) is 0 Å². The standard InChI is InChI=1S/C10H13Cl2N3O/c1-10(2,3)15-9(16)13-6-4-7(11)14-8(12)5-6/h4-5H,1-3H3,(H2,13,14,15,16). The highest BCUT2D eigenvalue weighted by Gasteiger charge is 2.13. The van der Waals surface area contributed by atoms with Crippen LogP contribution in [0.15, 0.2) is 12.1 Å². The molecular formula is C10H13Cl2N3O.